The number of carbonyl (C=O) groups excluding carboxylic acids is 1. The van der Waals surface area contributed by atoms with Gasteiger partial charge in [0.15, 0.2) is 0 Å². The van der Waals surface area contributed by atoms with Crippen molar-refractivity contribution in [3.63, 3.8) is 0 Å². The highest BCUT2D eigenvalue weighted by Gasteiger charge is 2.46. The molecule has 1 heterocycles. The molecule has 0 spiro atoms. The highest BCUT2D eigenvalue weighted by Crippen LogP contribution is 2.53. The number of hydrogen-bond donors (Lipinski definition) is 2. The summed E-state index contributed by atoms with van der Waals surface area (Å²) in [6, 6.07) is 3.45. The number of fused-ring (bicyclic) bond motifs is 3. The first kappa shape index (κ1) is 20.8. The van der Waals surface area contributed by atoms with Crippen molar-refractivity contribution in [3.05, 3.63) is 34.6 Å². The number of rotatable bonds is 4. The quantitative estimate of drug-likeness (QED) is 0.554. The Morgan fingerprint density at radius 2 is 2.00 bits per heavy atom. The zero-order valence-electron chi connectivity index (χ0n) is 18.0. The minimum Gasteiger partial charge on any atom is -0.295 e. The van der Waals surface area contributed by atoms with Crippen molar-refractivity contribution in [2.75, 3.05) is 6.54 Å². The summed E-state index contributed by atoms with van der Waals surface area (Å²) in [6.45, 7) is 8.69. The smallest absolute Gasteiger partial charge is 0.274 e. The molecule has 2 bridgehead atoms. The van der Waals surface area contributed by atoms with Crippen LogP contribution < -0.4 is 5.48 Å². The van der Waals surface area contributed by atoms with E-state index in [1.165, 1.54) is 38.2 Å². The van der Waals surface area contributed by atoms with Crippen LogP contribution in [0.3, 0.4) is 0 Å². The molecule has 0 saturated heterocycles. The Balaban J connectivity index is 1.55. The van der Waals surface area contributed by atoms with Gasteiger partial charge in [0.05, 0.1) is 0 Å². The Kier molecular flexibility index (Phi) is 5.73. The molecule has 3 unspecified atom stereocenters. The lowest BCUT2D eigenvalue weighted by molar-refractivity contribution is -0.0289. The van der Waals surface area contributed by atoms with Gasteiger partial charge >= 0.3 is 0 Å². The lowest BCUT2D eigenvalue weighted by Gasteiger charge is -2.53. The molecule has 0 aromatic heterocycles. The third-order valence-corrected chi connectivity index (χ3v) is 7.96. The van der Waals surface area contributed by atoms with Crippen molar-refractivity contribution < 1.29 is 14.4 Å². The number of amides is 1. The van der Waals surface area contributed by atoms with Gasteiger partial charge < -0.3 is 0 Å². The Bertz CT molecular complexity index is 762. The first-order valence-electron chi connectivity index (χ1n) is 11.3. The van der Waals surface area contributed by atoms with Gasteiger partial charge in [0, 0.05) is 30.3 Å². The maximum absolute atomic E-state index is 14.8. The topological polar surface area (TPSA) is 52.6 Å². The van der Waals surface area contributed by atoms with E-state index in [4.69, 9.17) is 5.21 Å². The molecule has 2 saturated carbocycles. The van der Waals surface area contributed by atoms with E-state index < -0.39 is 5.91 Å². The summed E-state index contributed by atoms with van der Waals surface area (Å²) in [4.78, 5) is 14.2. The van der Waals surface area contributed by atoms with Gasteiger partial charge in [-0.1, -0.05) is 20.8 Å². The second-order valence-corrected chi connectivity index (χ2v) is 10.3. The lowest BCUT2D eigenvalue weighted by atomic mass is 9.57. The van der Waals surface area contributed by atoms with Crippen LogP contribution in [0.5, 0.6) is 0 Å². The van der Waals surface area contributed by atoms with Crippen LogP contribution in [-0.2, 0) is 13.0 Å². The summed E-state index contributed by atoms with van der Waals surface area (Å²) in [6.07, 6.45) is 8.58. The SMILES string of the molecule is CCC(N1CCc2cc(C(=O)NO)cc(F)c2C1)C1(C)CC2CC(C)CC(C2)C1. The molecule has 1 amide bonds. The molecule has 2 aliphatic carbocycles. The number of nitrogens with zero attached hydrogens (tertiary/aromatic N) is 1. The van der Waals surface area contributed by atoms with Crippen molar-refractivity contribution in [1.29, 1.82) is 0 Å². The first-order valence-corrected chi connectivity index (χ1v) is 11.3. The zero-order valence-corrected chi connectivity index (χ0v) is 18.0. The van der Waals surface area contributed by atoms with Crippen LogP contribution >= 0.6 is 0 Å². The average Bonchev–Trinajstić information content (AvgIpc) is 2.66. The Morgan fingerprint density at radius 1 is 1.31 bits per heavy atom. The van der Waals surface area contributed by atoms with Gasteiger partial charge in [-0.25, -0.2) is 9.87 Å². The van der Waals surface area contributed by atoms with E-state index in [1.54, 1.807) is 11.5 Å². The van der Waals surface area contributed by atoms with Gasteiger partial charge in [-0.05, 0) is 85.8 Å². The predicted molar refractivity (Wildman–Crippen MR) is 111 cm³/mol. The zero-order chi connectivity index (χ0) is 20.8. The van der Waals surface area contributed by atoms with E-state index >= 15 is 0 Å². The molecule has 4 rings (SSSR count). The van der Waals surface area contributed by atoms with Crippen LogP contribution in [0.2, 0.25) is 0 Å². The molecule has 0 radical (unpaired) electrons. The summed E-state index contributed by atoms with van der Waals surface area (Å²) < 4.78 is 14.8. The van der Waals surface area contributed by atoms with Gasteiger partial charge in [0.2, 0.25) is 0 Å². The van der Waals surface area contributed by atoms with Crippen LogP contribution in [0.25, 0.3) is 0 Å². The molecule has 3 aliphatic rings. The summed E-state index contributed by atoms with van der Waals surface area (Å²) in [5.74, 6) is 1.58. The van der Waals surface area contributed by atoms with Crippen molar-refractivity contribution >= 4 is 5.91 Å². The number of halogens is 1. The summed E-state index contributed by atoms with van der Waals surface area (Å²) in [7, 11) is 0. The molecular weight excluding hydrogens is 367 g/mol. The van der Waals surface area contributed by atoms with Crippen molar-refractivity contribution in [2.45, 2.75) is 78.3 Å². The van der Waals surface area contributed by atoms with E-state index in [9.17, 15) is 9.18 Å². The maximum Gasteiger partial charge on any atom is 0.274 e. The third-order valence-electron chi connectivity index (χ3n) is 7.96. The van der Waals surface area contributed by atoms with Crippen molar-refractivity contribution in [2.24, 2.45) is 23.2 Å². The number of nitrogens with one attached hydrogen (secondary N) is 1. The molecule has 2 N–H and O–H groups in total. The van der Waals surface area contributed by atoms with Crippen LogP contribution in [0.4, 0.5) is 4.39 Å². The van der Waals surface area contributed by atoms with Crippen LogP contribution in [-0.4, -0.2) is 28.6 Å². The molecule has 1 aliphatic heterocycles. The number of hydrogen-bond acceptors (Lipinski definition) is 3. The summed E-state index contributed by atoms with van der Waals surface area (Å²) in [5.41, 5.74) is 3.71. The normalized spacial score (nSPS) is 33.1. The first-order chi connectivity index (χ1) is 13.8. The van der Waals surface area contributed by atoms with Gasteiger partial charge in [-0.2, -0.15) is 0 Å². The highest BCUT2D eigenvalue weighted by atomic mass is 19.1. The third kappa shape index (κ3) is 3.96. The monoisotopic (exact) mass is 402 g/mol. The largest absolute Gasteiger partial charge is 0.295 e. The molecule has 160 valence electrons. The highest BCUT2D eigenvalue weighted by molar-refractivity contribution is 5.93. The number of carbonyl (C=O) groups is 1. The van der Waals surface area contributed by atoms with Crippen molar-refractivity contribution in [3.8, 4) is 0 Å². The summed E-state index contributed by atoms with van der Waals surface area (Å²) >= 11 is 0. The second kappa shape index (κ2) is 7.99. The molecule has 4 nitrogen and oxygen atoms in total. The number of benzene rings is 1. The molecule has 5 heteroatoms. The standard InChI is InChI=1S/C24H35FN2O2/c1-4-22(24(3)12-16-7-15(2)8-17(9-16)13-24)27-6-5-18-10-19(23(28)26-29)11-21(25)20(18)14-27/h10-11,15-17,22,29H,4-9,12-14H2,1-3H3,(H,26,28). The van der Waals surface area contributed by atoms with Gasteiger partial charge in [-0.3, -0.25) is 14.9 Å². The summed E-state index contributed by atoms with van der Waals surface area (Å²) in [5, 5.41) is 8.86. The fourth-order valence-electron chi connectivity index (χ4n) is 7.20. The fraction of sp³-hybridized carbons (Fsp3) is 0.708. The Hall–Kier alpha value is -1.46. The van der Waals surface area contributed by atoms with E-state index in [0.29, 0.717) is 18.0 Å². The van der Waals surface area contributed by atoms with Crippen LogP contribution in [0.15, 0.2) is 12.1 Å². The van der Waals surface area contributed by atoms with Crippen molar-refractivity contribution in [1.82, 2.24) is 10.4 Å². The minimum absolute atomic E-state index is 0.186. The van der Waals surface area contributed by atoms with Crippen LogP contribution in [0.1, 0.15) is 80.8 Å². The molecule has 2 fully saturated rings. The lowest BCUT2D eigenvalue weighted by Crippen LogP contribution is -2.52. The number of hydroxylamine groups is 1. The molecule has 3 atom stereocenters. The molecule has 1 aromatic rings. The molecular formula is C24H35FN2O2. The molecule has 29 heavy (non-hydrogen) atoms. The van der Waals surface area contributed by atoms with E-state index in [2.05, 4.69) is 25.7 Å². The molecule has 1 aromatic carbocycles. The maximum atomic E-state index is 14.8. The minimum atomic E-state index is -0.656. The Morgan fingerprint density at radius 3 is 2.62 bits per heavy atom. The second-order valence-electron chi connectivity index (χ2n) is 10.3. The van der Waals surface area contributed by atoms with Gasteiger partial charge in [0.25, 0.3) is 5.91 Å². The van der Waals surface area contributed by atoms with E-state index in [0.717, 1.165) is 48.3 Å². The Labute approximate surface area is 173 Å². The van der Waals surface area contributed by atoms with Gasteiger partial charge in [-0.15, -0.1) is 0 Å². The van der Waals surface area contributed by atoms with E-state index in [1.807, 2.05) is 0 Å². The van der Waals surface area contributed by atoms with Crippen LogP contribution in [0, 0.1) is 29.0 Å². The predicted octanol–water partition coefficient (Wildman–Crippen LogP) is 4.93. The average molecular weight is 403 g/mol. The van der Waals surface area contributed by atoms with E-state index in [-0.39, 0.29) is 11.4 Å². The van der Waals surface area contributed by atoms with Gasteiger partial charge in [0.1, 0.15) is 5.82 Å². The fourth-order valence-corrected chi connectivity index (χ4v) is 7.20.